The highest BCUT2D eigenvalue weighted by Gasteiger charge is 2.33. The number of allylic oxidation sites excluding steroid dienone is 2. The summed E-state index contributed by atoms with van der Waals surface area (Å²) < 4.78 is 1.19. The summed E-state index contributed by atoms with van der Waals surface area (Å²) in [6, 6.07) is 8.29. The van der Waals surface area contributed by atoms with Gasteiger partial charge in [-0.15, -0.1) is 36.2 Å². The standard InChI is InChI=1S/C19H23N3OS.2ClH/c20-15(12-9-10-12)11-21-18(23)13-5-1-2-6-14(13)19-22-16-7-3-4-8-17(16)24-19;;/h1-4,7-8,12-15H,5-6,9-11,20H2,(H,21,23);2*1H. The number of amides is 1. The molecule has 1 saturated carbocycles. The van der Waals surface area contributed by atoms with Crippen molar-refractivity contribution >= 4 is 52.3 Å². The Morgan fingerprint density at radius 1 is 1.23 bits per heavy atom. The SMILES string of the molecule is Cl.Cl.NC(CNC(=O)C1CC=CCC1c1nc2ccccc2s1)C1CC1. The zero-order valence-electron chi connectivity index (χ0n) is 14.5. The molecule has 1 amide bonds. The number of carbonyl (C=O) groups excluding carboxylic acids is 1. The van der Waals surface area contributed by atoms with E-state index in [9.17, 15) is 4.79 Å². The van der Waals surface area contributed by atoms with Gasteiger partial charge in [0.2, 0.25) is 5.91 Å². The summed E-state index contributed by atoms with van der Waals surface area (Å²) in [5.41, 5.74) is 7.14. The molecule has 0 spiro atoms. The highest BCUT2D eigenvalue weighted by Crippen LogP contribution is 2.38. The van der Waals surface area contributed by atoms with Crippen LogP contribution in [0.25, 0.3) is 10.2 Å². The summed E-state index contributed by atoms with van der Waals surface area (Å²) in [5.74, 6) is 0.864. The number of nitrogens with zero attached hydrogens (tertiary/aromatic N) is 1. The van der Waals surface area contributed by atoms with Gasteiger partial charge in [-0.2, -0.15) is 0 Å². The molecule has 26 heavy (non-hydrogen) atoms. The van der Waals surface area contributed by atoms with Gasteiger partial charge in [-0.1, -0.05) is 24.3 Å². The first kappa shape index (κ1) is 21.2. The van der Waals surface area contributed by atoms with Crippen LogP contribution in [0.1, 0.15) is 36.6 Å². The van der Waals surface area contributed by atoms with Crippen LogP contribution in [0.5, 0.6) is 0 Å². The number of halogens is 2. The molecule has 3 unspecified atom stereocenters. The molecule has 1 heterocycles. The monoisotopic (exact) mass is 413 g/mol. The van der Waals surface area contributed by atoms with Crippen LogP contribution >= 0.6 is 36.2 Å². The first-order valence-electron chi connectivity index (χ1n) is 8.76. The van der Waals surface area contributed by atoms with Crippen molar-refractivity contribution in [1.29, 1.82) is 0 Å². The third kappa shape index (κ3) is 4.58. The second-order valence-electron chi connectivity index (χ2n) is 6.92. The molecule has 0 radical (unpaired) electrons. The third-order valence-electron chi connectivity index (χ3n) is 5.14. The maximum absolute atomic E-state index is 12.7. The summed E-state index contributed by atoms with van der Waals surface area (Å²) in [4.78, 5) is 17.5. The van der Waals surface area contributed by atoms with Crippen LogP contribution in [0.15, 0.2) is 36.4 Å². The molecular formula is C19H25Cl2N3OS. The van der Waals surface area contributed by atoms with Crippen molar-refractivity contribution in [3.05, 3.63) is 41.4 Å². The number of aromatic nitrogens is 1. The van der Waals surface area contributed by atoms with Crippen molar-refractivity contribution in [3.8, 4) is 0 Å². The fourth-order valence-electron chi connectivity index (χ4n) is 3.47. The highest BCUT2D eigenvalue weighted by atomic mass is 35.5. The molecule has 3 atom stereocenters. The summed E-state index contributed by atoms with van der Waals surface area (Å²) in [6.45, 7) is 0.594. The highest BCUT2D eigenvalue weighted by molar-refractivity contribution is 7.18. The Kier molecular flexibility index (Phi) is 7.47. The molecular weight excluding hydrogens is 389 g/mol. The van der Waals surface area contributed by atoms with E-state index in [-0.39, 0.29) is 48.6 Å². The van der Waals surface area contributed by atoms with Gasteiger partial charge in [0.25, 0.3) is 0 Å². The molecule has 1 fully saturated rings. The van der Waals surface area contributed by atoms with Gasteiger partial charge in [0.05, 0.1) is 21.1 Å². The summed E-state index contributed by atoms with van der Waals surface area (Å²) in [7, 11) is 0. The van der Waals surface area contributed by atoms with E-state index in [0.717, 1.165) is 23.4 Å². The molecule has 1 aromatic carbocycles. The lowest BCUT2D eigenvalue weighted by Crippen LogP contribution is -2.42. The molecule has 3 N–H and O–H groups in total. The van der Waals surface area contributed by atoms with Crippen molar-refractivity contribution in [2.24, 2.45) is 17.6 Å². The van der Waals surface area contributed by atoms with Gasteiger partial charge in [-0.25, -0.2) is 4.98 Å². The van der Waals surface area contributed by atoms with Gasteiger partial charge >= 0.3 is 0 Å². The molecule has 7 heteroatoms. The number of nitrogens with one attached hydrogen (secondary N) is 1. The Bertz CT molecular complexity index is 742. The molecule has 4 nitrogen and oxygen atoms in total. The van der Waals surface area contributed by atoms with E-state index in [1.54, 1.807) is 11.3 Å². The maximum atomic E-state index is 12.7. The van der Waals surface area contributed by atoms with Gasteiger partial charge in [0.15, 0.2) is 0 Å². The van der Waals surface area contributed by atoms with Crippen molar-refractivity contribution in [1.82, 2.24) is 10.3 Å². The minimum absolute atomic E-state index is 0. The normalized spacial score (nSPS) is 23.0. The van der Waals surface area contributed by atoms with Crippen molar-refractivity contribution in [2.75, 3.05) is 6.54 Å². The largest absolute Gasteiger partial charge is 0.354 e. The quantitative estimate of drug-likeness (QED) is 0.726. The van der Waals surface area contributed by atoms with Crippen LogP contribution < -0.4 is 11.1 Å². The lowest BCUT2D eigenvalue weighted by molar-refractivity contribution is -0.125. The zero-order chi connectivity index (χ0) is 16.5. The fraction of sp³-hybridized carbons (Fsp3) is 0.474. The lowest BCUT2D eigenvalue weighted by atomic mass is 9.82. The van der Waals surface area contributed by atoms with Gasteiger partial charge in [0.1, 0.15) is 0 Å². The van der Waals surface area contributed by atoms with Crippen LogP contribution in [0.3, 0.4) is 0 Å². The number of carbonyl (C=O) groups is 1. The molecule has 0 saturated heterocycles. The van der Waals surface area contributed by atoms with Crippen LogP contribution in [-0.2, 0) is 4.79 Å². The molecule has 1 aromatic heterocycles. The molecule has 0 bridgehead atoms. The van der Waals surface area contributed by atoms with Crippen LogP contribution in [0.2, 0.25) is 0 Å². The second-order valence-corrected chi connectivity index (χ2v) is 7.98. The van der Waals surface area contributed by atoms with Crippen molar-refractivity contribution < 1.29 is 4.79 Å². The molecule has 2 aromatic rings. The van der Waals surface area contributed by atoms with Gasteiger partial charge < -0.3 is 11.1 Å². The van der Waals surface area contributed by atoms with E-state index in [4.69, 9.17) is 10.7 Å². The zero-order valence-corrected chi connectivity index (χ0v) is 16.9. The smallest absolute Gasteiger partial charge is 0.224 e. The minimum atomic E-state index is -0.0398. The van der Waals surface area contributed by atoms with E-state index in [1.165, 1.54) is 17.5 Å². The topological polar surface area (TPSA) is 68.0 Å². The number of rotatable bonds is 5. The Labute approximate surface area is 170 Å². The van der Waals surface area contributed by atoms with Crippen LogP contribution in [0.4, 0.5) is 0 Å². The molecule has 2 aliphatic rings. The van der Waals surface area contributed by atoms with Crippen molar-refractivity contribution in [3.63, 3.8) is 0 Å². The number of nitrogens with two attached hydrogens (primary N) is 1. The number of benzene rings is 1. The molecule has 0 aliphatic heterocycles. The van der Waals surface area contributed by atoms with E-state index in [2.05, 4.69) is 23.5 Å². The van der Waals surface area contributed by atoms with E-state index in [1.807, 2.05) is 18.2 Å². The lowest BCUT2D eigenvalue weighted by Gasteiger charge is -2.26. The number of fused-ring (bicyclic) bond motifs is 1. The third-order valence-corrected chi connectivity index (χ3v) is 6.30. The van der Waals surface area contributed by atoms with Crippen LogP contribution in [0, 0.1) is 11.8 Å². The molecule has 2 aliphatic carbocycles. The predicted molar refractivity (Wildman–Crippen MR) is 112 cm³/mol. The molecule has 142 valence electrons. The number of hydrogen-bond acceptors (Lipinski definition) is 4. The van der Waals surface area contributed by atoms with E-state index in [0.29, 0.717) is 12.5 Å². The van der Waals surface area contributed by atoms with Crippen molar-refractivity contribution in [2.45, 2.75) is 37.6 Å². The van der Waals surface area contributed by atoms with Gasteiger partial charge in [0, 0.05) is 18.5 Å². The Hall–Kier alpha value is -1.14. The maximum Gasteiger partial charge on any atom is 0.224 e. The Morgan fingerprint density at radius 2 is 1.96 bits per heavy atom. The minimum Gasteiger partial charge on any atom is -0.354 e. The van der Waals surface area contributed by atoms with Crippen LogP contribution in [-0.4, -0.2) is 23.5 Å². The number of para-hydroxylation sites is 1. The molecule has 4 rings (SSSR count). The average molecular weight is 414 g/mol. The fourth-order valence-corrected chi connectivity index (χ4v) is 4.61. The second kappa shape index (κ2) is 9.18. The summed E-state index contributed by atoms with van der Waals surface area (Å²) in [5, 5.41) is 4.16. The van der Waals surface area contributed by atoms with E-state index >= 15 is 0 Å². The Balaban J connectivity index is 0.00000121. The Morgan fingerprint density at radius 3 is 2.69 bits per heavy atom. The number of hydrogen-bond donors (Lipinski definition) is 2. The first-order chi connectivity index (χ1) is 11.7. The van der Waals surface area contributed by atoms with E-state index < -0.39 is 0 Å². The summed E-state index contributed by atoms with van der Waals surface area (Å²) >= 11 is 1.71. The number of thiazole rings is 1. The first-order valence-corrected chi connectivity index (χ1v) is 9.58. The predicted octanol–water partition coefficient (Wildman–Crippen LogP) is 4.04. The van der Waals surface area contributed by atoms with Gasteiger partial charge in [-0.3, -0.25) is 4.79 Å². The summed E-state index contributed by atoms with van der Waals surface area (Å²) in [6.07, 6.45) is 8.37. The van der Waals surface area contributed by atoms with Gasteiger partial charge in [-0.05, 0) is 43.7 Å². The average Bonchev–Trinajstić information content (AvgIpc) is 3.38.